The van der Waals surface area contributed by atoms with Gasteiger partial charge < -0.3 is 5.32 Å². The highest BCUT2D eigenvalue weighted by atomic mass is 32.2. The van der Waals surface area contributed by atoms with Gasteiger partial charge in [-0.05, 0) is 44.5 Å². The fourth-order valence-electron chi connectivity index (χ4n) is 1.84. The summed E-state index contributed by atoms with van der Waals surface area (Å²) in [6.07, 6.45) is 1.75. The molecule has 0 radical (unpaired) electrons. The zero-order valence-electron chi connectivity index (χ0n) is 12.4. The number of benzene rings is 1. The van der Waals surface area contributed by atoms with E-state index in [1.54, 1.807) is 0 Å². The Bertz CT molecular complexity index is 572. The van der Waals surface area contributed by atoms with Crippen LogP contribution < -0.4 is 10.0 Å². The molecule has 118 valence electrons. The van der Waals surface area contributed by atoms with Crippen LogP contribution in [0.5, 0.6) is 0 Å². The average Bonchev–Trinajstić information content (AvgIpc) is 2.38. The maximum absolute atomic E-state index is 12.8. The molecule has 0 aromatic heterocycles. The van der Waals surface area contributed by atoms with Gasteiger partial charge in [0.2, 0.25) is 15.9 Å². The monoisotopic (exact) mass is 316 g/mol. The molecule has 2 N–H and O–H groups in total. The van der Waals surface area contributed by atoms with E-state index < -0.39 is 21.9 Å². The average molecular weight is 316 g/mol. The molecule has 0 aliphatic carbocycles. The summed E-state index contributed by atoms with van der Waals surface area (Å²) in [6.45, 7) is 5.33. The van der Waals surface area contributed by atoms with Crippen LogP contribution >= 0.6 is 0 Å². The molecule has 0 unspecified atom stereocenters. The smallest absolute Gasteiger partial charge is 0.241 e. The minimum absolute atomic E-state index is 0.0136. The SMILES string of the molecule is CCC[C@H](C)NC(=O)[C@@H](C)NS(=O)(=O)c1ccc(F)cc1. The van der Waals surface area contributed by atoms with Crippen molar-refractivity contribution in [3.8, 4) is 0 Å². The molecule has 0 aliphatic rings. The summed E-state index contributed by atoms with van der Waals surface area (Å²) < 4.78 is 39.2. The Hall–Kier alpha value is -1.47. The second-order valence-corrected chi connectivity index (χ2v) is 6.71. The number of hydrogen-bond donors (Lipinski definition) is 2. The Morgan fingerprint density at radius 3 is 2.33 bits per heavy atom. The Morgan fingerprint density at radius 2 is 1.81 bits per heavy atom. The summed E-state index contributed by atoms with van der Waals surface area (Å²) in [5.41, 5.74) is 0. The van der Waals surface area contributed by atoms with E-state index in [4.69, 9.17) is 0 Å². The number of rotatable bonds is 7. The van der Waals surface area contributed by atoms with Crippen LogP contribution in [0, 0.1) is 5.82 Å². The first-order chi connectivity index (χ1) is 9.76. The molecule has 21 heavy (non-hydrogen) atoms. The Morgan fingerprint density at radius 1 is 1.24 bits per heavy atom. The largest absolute Gasteiger partial charge is 0.352 e. The van der Waals surface area contributed by atoms with Crippen molar-refractivity contribution in [2.45, 2.75) is 50.6 Å². The molecule has 0 bridgehead atoms. The lowest BCUT2D eigenvalue weighted by Gasteiger charge is -2.18. The van der Waals surface area contributed by atoms with Crippen LogP contribution in [0.4, 0.5) is 4.39 Å². The van der Waals surface area contributed by atoms with Crippen molar-refractivity contribution in [2.24, 2.45) is 0 Å². The second-order valence-electron chi connectivity index (χ2n) is 5.00. The van der Waals surface area contributed by atoms with E-state index in [0.717, 1.165) is 37.1 Å². The first kappa shape index (κ1) is 17.6. The second kappa shape index (κ2) is 7.51. The highest BCUT2D eigenvalue weighted by molar-refractivity contribution is 7.89. The molecule has 0 saturated carbocycles. The van der Waals surface area contributed by atoms with Gasteiger partial charge in [0.25, 0.3) is 0 Å². The number of sulfonamides is 1. The van der Waals surface area contributed by atoms with Crippen molar-refractivity contribution in [3.05, 3.63) is 30.1 Å². The number of halogens is 1. The standard InChI is InChI=1S/C14H21FN2O3S/c1-4-5-10(2)16-14(18)11(3)17-21(19,20)13-8-6-12(15)7-9-13/h6-11,17H,4-5H2,1-3H3,(H,16,18)/t10-,11+/m0/s1. The van der Waals surface area contributed by atoms with Gasteiger partial charge in [0, 0.05) is 6.04 Å². The van der Waals surface area contributed by atoms with Crippen LogP contribution in [0.1, 0.15) is 33.6 Å². The molecule has 1 amide bonds. The predicted molar refractivity (Wildman–Crippen MR) is 78.7 cm³/mol. The summed E-state index contributed by atoms with van der Waals surface area (Å²) in [6, 6.07) is 3.51. The van der Waals surface area contributed by atoms with Crippen LogP contribution in [0.3, 0.4) is 0 Å². The highest BCUT2D eigenvalue weighted by Gasteiger charge is 2.22. The molecule has 0 heterocycles. The third kappa shape index (κ3) is 5.43. The van der Waals surface area contributed by atoms with E-state index in [9.17, 15) is 17.6 Å². The van der Waals surface area contributed by atoms with Crippen molar-refractivity contribution in [1.82, 2.24) is 10.0 Å². The van der Waals surface area contributed by atoms with E-state index in [1.807, 2.05) is 13.8 Å². The topological polar surface area (TPSA) is 75.3 Å². The Kier molecular flexibility index (Phi) is 6.29. The van der Waals surface area contributed by atoms with E-state index in [2.05, 4.69) is 10.0 Å². The van der Waals surface area contributed by atoms with Crippen molar-refractivity contribution in [2.75, 3.05) is 0 Å². The third-order valence-electron chi connectivity index (χ3n) is 2.96. The first-order valence-corrected chi connectivity index (χ1v) is 8.33. The van der Waals surface area contributed by atoms with Crippen molar-refractivity contribution >= 4 is 15.9 Å². The quantitative estimate of drug-likeness (QED) is 0.805. The molecule has 1 rings (SSSR count). The minimum atomic E-state index is -3.85. The molecular weight excluding hydrogens is 295 g/mol. The summed E-state index contributed by atoms with van der Waals surface area (Å²) in [5.74, 6) is -0.908. The molecule has 0 spiro atoms. The van der Waals surface area contributed by atoms with Gasteiger partial charge in [-0.25, -0.2) is 12.8 Å². The lowest BCUT2D eigenvalue weighted by molar-refractivity contribution is -0.123. The molecule has 1 aromatic rings. The highest BCUT2D eigenvalue weighted by Crippen LogP contribution is 2.10. The van der Waals surface area contributed by atoms with Crippen LogP contribution in [0.25, 0.3) is 0 Å². The van der Waals surface area contributed by atoms with E-state index in [-0.39, 0.29) is 16.8 Å². The van der Waals surface area contributed by atoms with Gasteiger partial charge in [0.1, 0.15) is 5.82 Å². The number of hydrogen-bond acceptors (Lipinski definition) is 3. The Balaban J connectivity index is 2.70. The van der Waals surface area contributed by atoms with E-state index in [1.165, 1.54) is 6.92 Å². The molecule has 0 saturated heterocycles. The summed E-state index contributed by atoms with van der Waals surface area (Å²) in [7, 11) is -3.85. The van der Waals surface area contributed by atoms with Gasteiger partial charge in [-0.1, -0.05) is 13.3 Å². The first-order valence-electron chi connectivity index (χ1n) is 6.84. The maximum Gasteiger partial charge on any atom is 0.241 e. The van der Waals surface area contributed by atoms with Gasteiger partial charge in [0.15, 0.2) is 0 Å². The zero-order chi connectivity index (χ0) is 16.0. The molecule has 0 aliphatic heterocycles. The van der Waals surface area contributed by atoms with E-state index in [0.29, 0.717) is 0 Å². The number of amides is 1. The molecule has 5 nitrogen and oxygen atoms in total. The van der Waals surface area contributed by atoms with Gasteiger partial charge in [-0.15, -0.1) is 0 Å². The van der Waals surface area contributed by atoms with Gasteiger partial charge >= 0.3 is 0 Å². The van der Waals surface area contributed by atoms with Gasteiger partial charge in [-0.2, -0.15) is 4.72 Å². The number of nitrogens with one attached hydrogen (secondary N) is 2. The lowest BCUT2D eigenvalue weighted by atomic mass is 10.2. The normalized spacial score (nSPS) is 14.5. The van der Waals surface area contributed by atoms with Crippen molar-refractivity contribution < 1.29 is 17.6 Å². The zero-order valence-corrected chi connectivity index (χ0v) is 13.2. The maximum atomic E-state index is 12.8. The molecule has 1 aromatic carbocycles. The minimum Gasteiger partial charge on any atom is -0.352 e. The Labute approximate surface area is 125 Å². The number of carbonyl (C=O) groups is 1. The summed E-state index contributed by atoms with van der Waals surface area (Å²) in [4.78, 5) is 11.8. The molecular formula is C14H21FN2O3S. The van der Waals surface area contributed by atoms with Gasteiger partial charge in [-0.3, -0.25) is 4.79 Å². The number of carbonyl (C=O) groups excluding carboxylic acids is 1. The lowest BCUT2D eigenvalue weighted by Crippen LogP contribution is -2.47. The van der Waals surface area contributed by atoms with Crippen molar-refractivity contribution in [3.63, 3.8) is 0 Å². The van der Waals surface area contributed by atoms with Crippen LogP contribution in [-0.4, -0.2) is 26.4 Å². The predicted octanol–water partition coefficient (Wildman–Crippen LogP) is 1.80. The van der Waals surface area contributed by atoms with Gasteiger partial charge in [0.05, 0.1) is 10.9 Å². The van der Waals surface area contributed by atoms with Crippen LogP contribution in [0.2, 0.25) is 0 Å². The van der Waals surface area contributed by atoms with Crippen molar-refractivity contribution in [1.29, 1.82) is 0 Å². The molecule has 7 heteroatoms. The molecule has 2 atom stereocenters. The third-order valence-corrected chi connectivity index (χ3v) is 4.52. The fraction of sp³-hybridized carbons (Fsp3) is 0.500. The molecule has 0 fully saturated rings. The van der Waals surface area contributed by atoms with Crippen LogP contribution in [-0.2, 0) is 14.8 Å². The van der Waals surface area contributed by atoms with E-state index >= 15 is 0 Å². The van der Waals surface area contributed by atoms with Crippen LogP contribution in [0.15, 0.2) is 29.2 Å². The summed E-state index contributed by atoms with van der Waals surface area (Å²) >= 11 is 0. The summed E-state index contributed by atoms with van der Waals surface area (Å²) in [5, 5.41) is 2.74. The fourth-order valence-corrected chi connectivity index (χ4v) is 3.04.